The lowest BCUT2D eigenvalue weighted by Crippen LogP contribution is -1.83. The molecule has 2 rings (SSSR count). The van der Waals surface area contributed by atoms with Crippen molar-refractivity contribution in [1.82, 2.24) is 0 Å². The summed E-state index contributed by atoms with van der Waals surface area (Å²) in [5.74, 6) is 0. The third-order valence-electron chi connectivity index (χ3n) is 2.34. The van der Waals surface area contributed by atoms with Crippen LogP contribution >= 0.6 is 12.4 Å². The van der Waals surface area contributed by atoms with E-state index in [1.807, 2.05) is 60.7 Å². The van der Waals surface area contributed by atoms with Crippen molar-refractivity contribution in [1.29, 1.82) is 0 Å². The average Bonchev–Trinajstić information content (AvgIpc) is 2.30. The summed E-state index contributed by atoms with van der Waals surface area (Å²) < 4.78 is 0. The highest BCUT2D eigenvalue weighted by Gasteiger charge is 1.89. The summed E-state index contributed by atoms with van der Waals surface area (Å²) in [5, 5.41) is 0. The molecule has 0 aliphatic rings. The molecule has 0 fully saturated rings. The molecule has 0 radical (unpaired) electrons. The molecule has 0 saturated heterocycles. The summed E-state index contributed by atoms with van der Waals surface area (Å²) in [4.78, 5) is 0. The van der Waals surface area contributed by atoms with E-state index in [4.69, 9.17) is 11.5 Å². The second kappa shape index (κ2) is 5.97. The Labute approximate surface area is 107 Å². The van der Waals surface area contributed by atoms with E-state index in [2.05, 4.69) is 0 Å². The van der Waals surface area contributed by atoms with Crippen LogP contribution in [-0.2, 0) is 0 Å². The quantitative estimate of drug-likeness (QED) is 0.630. The van der Waals surface area contributed by atoms with Crippen molar-refractivity contribution in [2.75, 3.05) is 11.5 Å². The lowest BCUT2D eigenvalue weighted by molar-refractivity contribution is 1.63. The molecule has 0 heterocycles. The number of nitrogens with two attached hydrogens (primary N) is 2. The van der Waals surface area contributed by atoms with Gasteiger partial charge in [0, 0.05) is 11.4 Å². The molecule has 0 saturated carbocycles. The second-order valence-corrected chi connectivity index (χ2v) is 3.67. The molecule has 0 aromatic heterocycles. The topological polar surface area (TPSA) is 52.0 Å². The van der Waals surface area contributed by atoms with Crippen LogP contribution in [0.1, 0.15) is 11.1 Å². The molecule has 0 atom stereocenters. The molecule has 0 unspecified atom stereocenters. The van der Waals surface area contributed by atoms with Gasteiger partial charge < -0.3 is 11.5 Å². The number of halogens is 1. The zero-order valence-corrected chi connectivity index (χ0v) is 10.2. The third-order valence-corrected chi connectivity index (χ3v) is 2.34. The van der Waals surface area contributed by atoms with E-state index in [1.165, 1.54) is 0 Å². The maximum absolute atomic E-state index is 5.61. The molecule has 88 valence electrons. The van der Waals surface area contributed by atoms with Gasteiger partial charge in [0.2, 0.25) is 0 Å². The van der Waals surface area contributed by atoms with E-state index in [9.17, 15) is 0 Å². The largest absolute Gasteiger partial charge is 0.399 e. The van der Waals surface area contributed by atoms with Crippen LogP contribution in [0, 0.1) is 0 Å². The minimum absolute atomic E-state index is 0. The molecule has 17 heavy (non-hydrogen) atoms. The minimum Gasteiger partial charge on any atom is -0.399 e. The monoisotopic (exact) mass is 246 g/mol. The smallest absolute Gasteiger partial charge is 0.0314 e. The fraction of sp³-hybridized carbons (Fsp3) is 0. The van der Waals surface area contributed by atoms with Gasteiger partial charge in [-0.15, -0.1) is 12.4 Å². The molecule has 3 heteroatoms. The fourth-order valence-electron chi connectivity index (χ4n) is 1.41. The van der Waals surface area contributed by atoms with Gasteiger partial charge in [-0.3, -0.25) is 0 Å². The summed E-state index contributed by atoms with van der Waals surface area (Å²) in [6.07, 6.45) is 4.09. The van der Waals surface area contributed by atoms with E-state index in [0.717, 1.165) is 22.5 Å². The molecule has 0 aliphatic carbocycles. The Hall–Kier alpha value is -1.93. The first-order valence-corrected chi connectivity index (χ1v) is 5.13. The minimum atomic E-state index is 0. The van der Waals surface area contributed by atoms with Crippen LogP contribution in [0.5, 0.6) is 0 Å². The highest BCUT2D eigenvalue weighted by Crippen LogP contribution is 2.11. The molecule has 2 aromatic rings. The van der Waals surface area contributed by atoms with Crippen molar-refractivity contribution in [3.63, 3.8) is 0 Å². The molecular weight excluding hydrogens is 232 g/mol. The van der Waals surface area contributed by atoms with Crippen molar-refractivity contribution in [2.45, 2.75) is 0 Å². The maximum Gasteiger partial charge on any atom is 0.0314 e. The van der Waals surface area contributed by atoms with Gasteiger partial charge in [-0.1, -0.05) is 36.4 Å². The van der Waals surface area contributed by atoms with Crippen LogP contribution in [0.2, 0.25) is 0 Å². The van der Waals surface area contributed by atoms with E-state index < -0.39 is 0 Å². The Morgan fingerprint density at radius 3 is 1.18 bits per heavy atom. The number of anilines is 2. The Morgan fingerprint density at radius 2 is 0.882 bits per heavy atom. The summed E-state index contributed by atoms with van der Waals surface area (Å²) >= 11 is 0. The Morgan fingerprint density at radius 1 is 0.588 bits per heavy atom. The standard InChI is InChI=1S/C14H14N2.ClH/c15-13-7-3-11(4-8-13)1-2-12-5-9-14(16)10-6-12;/h1-10H,15-16H2;1H/b2-1+;. The van der Waals surface area contributed by atoms with Gasteiger partial charge in [0.05, 0.1) is 0 Å². The molecular formula is C14H15ClN2. The van der Waals surface area contributed by atoms with Crippen molar-refractivity contribution in [2.24, 2.45) is 0 Å². The van der Waals surface area contributed by atoms with Crippen LogP contribution in [0.4, 0.5) is 11.4 Å². The van der Waals surface area contributed by atoms with Gasteiger partial charge in [0.1, 0.15) is 0 Å². The summed E-state index contributed by atoms with van der Waals surface area (Å²) in [6.45, 7) is 0. The number of benzene rings is 2. The van der Waals surface area contributed by atoms with Crippen LogP contribution in [0.15, 0.2) is 48.5 Å². The second-order valence-electron chi connectivity index (χ2n) is 3.67. The Kier molecular flexibility index (Phi) is 4.61. The van der Waals surface area contributed by atoms with Crippen molar-refractivity contribution in [3.05, 3.63) is 59.7 Å². The zero-order chi connectivity index (χ0) is 11.4. The highest BCUT2D eigenvalue weighted by molar-refractivity contribution is 5.85. The molecule has 0 bridgehead atoms. The van der Waals surface area contributed by atoms with Crippen molar-refractivity contribution >= 4 is 35.9 Å². The van der Waals surface area contributed by atoms with E-state index in [1.54, 1.807) is 0 Å². The zero-order valence-electron chi connectivity index (χ0n) is 9.34. The van der Waals surface area contributed by atoms with Gasteiger partial charge >= 0.3 is 0 Å². The van der Waals surface area contributed by atoms with Gasteiger partial charge in [0.25, 0.3) is 0 Å². The van der Waals surface area contributed by atoms with E-state index >= 15 is 0 Å². The Bertz CT molecular complexity index is 439. The summed E-state index contributed by atoms with van der Waals surface area (Å²) in [6, 6.07) is 15.5. The SMILES string of the molecule is Cl.Nc1ccc(/C=C/c2ccc(N)cc2)cc1. The number of nitrogen functional groups attached to an aromatic ring is 2. The maximum atomic E-state index is 5.61. The van der Waals surface area contributed by atoms with Crippen LogP contribution in [0.3, 0.4) is 0 Å². The van der Waals surface area contributed by atoms with Gasteiger partial charge in [0.15, 0.2) is 0 Å². The van der Waals surface area contributed by atoms with Crippen LogP contribution < -0.4 is 11.5 Å². The highest BCUT2D eigenvalue weighted by atomic mass is 35.5. The van der Waals surface area contributed by atoms with Gasteiger partial charge in [-0.25, -0.2) is 0 Å². The van der Waals surface area contributed by atoms with Crippen molar-refractivity contribution in [3.8, 4) is 0 Å². The fourth-order valence-corrected chi connectivity index (χ4v) is 1.41. The summed E-state index contributed by atoms with van der Waals surface area (Å²) in [5.41, 5.74) is 15.1. The van der Waals surface area contributed by atoms with Crippen LogP contribution in [0.25, 0.3) is 12.2 Å². The van der Waals surface area contributed by atoms with Crippen molar-refractivity contribution < 1.29 is 0 Å². The van der Waals surface area contributed by atoms with Gasteiger partial charge in [-0.2, -0.15) is 0 Å². The molecule has 2 aromatic carbocycles. The first-order chi connectivity index (χ1) is 7.74. The predicted octanol–water partition coefficient (Wildman–Crippen LogP) is 3.44. The molecule has 0 aliphatic heterocycles. The average molecular weight is 247 g/mol. The predicted molar refractivity (Wildman–Crippen MR) is 77.9 cm³/mol. The third kappa shape index (κ3) is 3.85. The molecule has 0 amide bonds. The lowest BCUT2D eigenvalue weighted by atomic mass is 10.1. The molecule has 2 nitrogen and oxygen atoms in total. The Balaban J connectivity index is 0.00000144. The first kappa shape index (κ1) is 13.1. The summed E-state index contributed by atoms with van der Waals surface area (Å²) in [7, 11) is 0. The van der Waals surface area contributed by atoms with Gasteiger partial charge in [-0.05, 0) is 35.4 Å². The van der Waals surface area contributed by atoms with E-state index in [0.29, 0.717) is 0 Å². The number of hydrogen-bond acceptors (Lipinski definition) is 2. The molecule has 0 spiro atoms. The first-order valence-electron chi connectivity index (χ1n) is 5.13. The number of hydrogen-bond donors (Lipinski definition) is 2. The lowest BCUT2D eigenvalue weighted by Gasteiger charge is -1.96. The number of rotatable bonds is 2. The normalized spacial score (nSPS) is 10.1. The van der Waals surface area contributed by atoms with E-state index in [-0.39, 0.29) is 12.4 Å². The molecule has 4 N–H and O–H groups in total. The van der Waals surface area contributed by atoms with Crippen LogP contribution in [-0.4, -0.2) is 0 Å².